The summed E-state index contributed by atoms with van der Waals surface area (Å²) >= 11 is 0. The lowest BCUT2D eigenvalue weighted by Gasteiger charge is -2.35. The second-order valence-corrected chi connectivity index (χ2v) is 4.89. The molecular weight excluding hydrogens is 294 g/mol. The van der Waals surface area contributed by atoms with Crippen molar-refractivity contribution in [3.05, 3.63) is 29.6 Å². The van der Waals surface area contributed by atoms with Gasteiger partial charge in [0.15, 0.2) is 0 Å². The molecule has 1 aliphatic rings. The fraction of sp³-hybridized carbons (Fsp3) is 0.385. The Kier molecular flexibility index (Phi) is 3.65. The van der Waals surface area contributed by atoms with Gasteiger partial charge in [-0.3, -0.25) is 9.59 Å². The van der Waals surface area contributed by atoms with Crippen molar-refractivity contribution >= 4 is 17.6 Å². The molecule has 0 unspecified atom stereocenters. The van der Waals surface area contributed by atoms with Gasteiger partial charge in [0.05, 0.1) is 5.56 Å². The minimum Gasteiger partial charge on any atom is -0.480 e. The van der Waals surface area contributed by atoms with Crippen LogP contribution in [0, 0.1) is 11.2 Å². The number of carbonyl (C=O) groups is 2. The van der Waals surface area contributed by atoms with Crippen molar-refractivity contribution in [2.24, 2.45) is 5.41 Å². The number of carboxylic acids is 1. The average Bonchev–Trinajstić information content (AvgIpc) is 2.28. The highest BCUT2D eigenvalue weighted by molar-refractivity contribution is 6.09. The summed E-state index contributed by atoms with van der Waals surface area (Å²) in [7, 11) is 0. The Hall–Kier alpha value is -2.12. The van der Waals surface area contributed by atoms with Crippen LogP contribution in [0.25, 0.3) is 0 Å². The van der Waals surface area contributed by atoms with E-state index >= 15 is 0 Å². The van der Waals surface area contributed by atoms with E-state index < -0.39 is 34.8 Å². The molecule has 1 fully saturated rings. The standard InChI is InChI=1S/C13H11F4NO3/c14-9-3-2-7(6-8(9)13(15,16)17)18-10(19)12(11(20)21)4-1-5-12/h2-3,6H,1,4-5H2,(H,18,19)(H,20,21). The molecule has 0 atom stereocenters. The van der Waals surface area contributed by atoms with Crippen LogP contribution in [-0.4, -0.2) is 17.0 Å². The SMILES string of the molecule is O=C(O)C1(C(=O)Nc2ccc(F)c(C(F)(F)F)c2)CCC1. The fourth-order valence-corrected chi connectivity index (χ4v) is 2.14. The molecule has 0 aliphatic heterocycles. The number of hydrogen-bond acceptors (Lipinski definition) is 2. The molecule has 1 aromatic carbocycles. The van der Waals surface area contributed by atoms with Crippen molar-refractivity contribution in [2.45, 2.75) is 25.4 Å². The van der Waals surface area contributed by atoms with Crippen molar-refractivity contribution in [3.63, 3.8) is 0 Å². The molecule has 0 spiro atoms. The summed E-state index contributed by atoms with van der Waals surface area (Å²) in [6.45, 7) is 0. The van der Waals surface area contributed by atoms with Crippen molar-refractivity contribution < 1.29 is 32.3 Å². The molecule has 1 saturated carbocycles. The van der Waals surface area contributed by atoms with Gasteiger partial charge >= 0.3 is 12.1 Å². The number of carboxylic acid groups (broad SMARTS) is 1. The largest absolute Gasteiger partial charge is 0.480 e. The number of anilines is 1. The molecule has 0 saturated heterocycles. The lowest BCUT2D eigenvalue weighted by Crippen LogP contribution is -2.48. The first-order valence-electron chi connectivity index (χ1n) is 6.08. The lowest BCUT2D eigenvalue weighted by molar-refractivity contribution is -0.159. The molecule has 0 aromatic heterocycles. The zero-order chi connectivity index (χ0) is 15.8. The first kappa shape index (κ1) is 15.3. The van der Waals surface area contributed by atoms with E-state index in [4.69, 9.17) is 5.11 Å². The molecular formula is C13H11F4NO3. The number of amides is 1. The highest BCUT2D eigenvalue weighted by Gasteiger charge is 2.51. The van der Waals surface area contributed by atoms with Gasteiger partial charge in [-0.1, -0.05) is 6.42 Å². The smallest absolute Gasteiger partial charge is 0.419 e. The van der Waals surface area contributed by atoms with Crippen LogP contribution in [0.3, 0.4) is 0 Å². The number of rotatable bonds is 3. The van der Waals surface area contributed by atoms with Gasteiger partial charge in [-0.25, -0.2) is 4.39 Å². The maximum Gasteiger partial charge on any atom is 0.419 e. The number of nitrogens with one attached hydrogen (secondary N) is 1. The fourth-order valence-electron chi connectivity index (χ4n) is 2.14. The van der Waals surface area contributed by atoms with Gasteiger partial charge in [-0.2, -0.15) is 13.2 Å². The van der Waals surface area contributed by atoms with E-state index in [1.807, 2.05) is 0 Å². The number of carbonyl (C=O) groups excluding carboxylic acids is 1. The first-order valence-corrected chi connectivity index (χ1v) is 6.08. The van der Waals surface area contributed by atoms with Gasteiger partial charge in [-0.05, 0) is 31.0 Å². The molecule has 0 heterocycles. The van der Waals surface area contributed by atoms with Crippen LogP contribution in [0.4, 0.5) is 23.2 Å². The Morgan fingerprint density at radius 3 is 2.29 bits per heavy atom. The summed E-state index contributed by atoms with van der Waals surface area (Å²) in [5, 5.41) is 11.2. The number of halogens is 4. The molecule has 8 heteroatoms. The molecule has 0 radical (unpaired) electrons. The topological polar surface area (TPSA) is 66.4 Å². The predicted molar refractivity (Wildman–Crippen MR) is 64.0 cm³/mol. The van der Waals surface area contributed by atoms with Crippen molar-refractivity contribution in [1.29, 1.82) is 0 Å². The van der Waals surface area contributed by atoms with E-state index in [1.165, 1.54) is 0 Å². The molecule has 114 valence electrons. The van der Waals surface area contributed by atoms with Gasteiger partial charge in [0.2, 0.25) is 5.91 Å². The number of alkyl halides is 3. The molecule has 2 rings (SSSR count). The molecule has 1 aliphatic carbocycles. The quantitative estimate of drug-likeness (QED) is 0.666. The monoisotopic (exact) mass is 305 g/mol. The maximum absolute atomic E-state index is 13.1. The first-order chi connectivity index (χ1) is 9.67. The summed E-state index contributed by atoms with van der Waals surface area (Å²) in [4.78, 5) is 23.1. The number of benzene rings is 1. The third-order valence-corrected chi connectivity index (χ3v) is 3.58. The third-order valence-electron chi connectivity index (χ3n) is 3.58. The van der Waals surface area contributed by atoms with Crippen LogP contribution in [-0.2, 0) is 15.8 Å². The van der Waals surface area contributed by atoms with Crippen LogP contribution >= 0.6 is 0 Å². The van der Waals surface area contributed by atoms with Gasteiger partial charge in [0, 0.05) is 5.69 Å². The van der Waals surface area contributed by atoms with Crippen LogP contribution in [0.15, 0.2) is 18.2 Å². The molecule has 2 N–H and O–H groups in total. The van der Waals surface area contributed by atoms with Gasteiger partial charge < -0.3 is 10.4 Å². The summed E-state index contributed by atoms with van der Waals surface area (Å²) < 4.78 is 50.8. The number of aliphatic carboxylic acids is 1. The van der Waals surface area contributed by atoms with Gasteiger partial charge in [0.25, 0.3) is 0 Å². The minimum absolute atomic E-state index is 0.126. The van der Waals surface area contributed by atoms with Gasteiger partial charge in [0.1, 0.15) is 11.2 Å². The summed E-state index contributed by atoms with van der Waals surface area (Å²) in [5.74, 6) is -3.66. The normalized spacial score (nSPS) is 17.0. The second-order valence-electron chi connectivity index (χ2n) is 4.89. The second kappa shape index (κ2) is 5.01. The Labute approximate surface area is 116 Å². The average molecular weight is 305 g/mol. The molecule has 1 amide bonds. The Morgan fingerprint density at radius 2 is 1.86 bits per heavy atom. The summed E-state index contributed by atoms with van der Waals surface area (Å²) in [6, 6.07) is 1.98. The highest BCUT2D eigenvalue weighted by atomic mass is 19.4. The zero-order valence-electron chi connectivity index (χ0n) is 10.6. The van der Waals surface area contributed by atoms with Crippen LogP contribution < -0.4 is 5.32 Å². The minimum atomic E-state index is -4.90. The van der Waals surface area contributed by atoms with Crippen LogP contribution in [0.2, 0.25) is 0 Å². The number of hydrogen-bond donors (Lipinski definition) is 2. The van der Waals surface area contributed by atoms with Crippen molar-refractivity contribution in [3.8, 4) is 0 Å². The molecule has 0 bridgehead atoms. The van der Waals surface area contributed by atoms with Crippen LogP contribution in [0.1, 0.15) is 24.8 Å². The van der Waals surface area contributed by atoms with Crippen LogP contribution in [0.5, 0.6) is 0 Å². The Balaban J connectivity index is 2.25. The van der Waals surface area contributed by atoms with Gasteiger partial charge in [-0.15, -0.1) is 0 Å². The zero-order valence-corrected chi connectivity index (χ0v) is 10.6. The van der Waals surface area contributed by atoms with E-state index in [9.17, 15) is 27.2 Å². The summed E-state index contributed by atoms with van der Waals surface area (Å²) in [5.41, 5.74) is -3.41. The van der Waals surface area contributed by atoms with E-state index in [1.54, 1.807) is 0 Å². The van der Waals surface area contributed by atoms with E-state index in [0.29, 0.717) is 18.6 Å². The molecule has 4 nitrogen and oxygen atoms in total. The molecule has 21 heavy (non-hydrogen) atoms. The van der Waals surface area contributed by atoms with Crippen molar-refractivity contribution in [1.82, 2.24) is 0 Å². The van der Waals surface area contributed by atoms with Crippen molar-refractivity contribution in [2.75, 3.05) is 5.32 Å². The van der Waals surface area contributed by atoms with E-state index in [0.717, 1.165) is 6.07 Å². The summed E-state index contributed by atoms with van der Waals surface area (Å²) in [6.07, 6.45) is -4.09. The highest BCUT2D eigenvalue weighted by Crippen LogP contribution is 2.42. The maximum atomic E-state index is 13.1. The predicted octanol–water partition coefficient (Wildman–Crippen LogP) is 3.04. The van der Waals surface area contributed by atoms with E-state index in [2.05, 4.69) is 5.32 Å². The third kappa shape index (κ3) is 2.70. The lowest BCUT2D eigenvalue weighted by atomic mass is 9.68. The molecule has 1 aromatic rings. The Bertz CT molecular complexity index is 594. The Morgan fingerprint density at radius 1 is 1.24 bits per heavy atom. The van der Waals surface area contributed by atoms with E-state index in [-0.39, 0.29) is 18.5 Å².